The molecular weight excluding hydrogens is 250 g/mol. The maximum Gasteiger partial charge on any atom is 0.130 e. The van der Waals surface area contributed by atoms with Crippen molar-refractivity contribution in [2.75, 3.05) is 7.05 Å². The van der Waals surface area contributed by atoms with E-state index in [-0.39, 0.29) is 0 Å². The quantitative estimate of drug-likeness (QED) is 0.879. The maximum absolute atomic E-state index is 6.01. The first-order valence-electron chi connectivity index (χ1n) is 7.02. The Kier molecular flexibility index (Phi) is 4.79. The molecule has 0 aliphatic rings. The smallest absolute Gasteiger partial charge is 0.130 e. The molecule has 0 saturated heterocycles. The number of nitrogens with one attached hydrogen (secondary N) is 1. The second-order valence-electron chi connectivity index (χ2n) is 5.05. The predicted octanol–water partition coefficient (Wildman–Crippen LogP) is 2.82. The second kappa shape index (κ2) is 6.57. The first-order chi connectivity index (χ1) is 9.65. The fraction of sp³-hybridized carbons (Fsp3) is 0.438. The average Bonchev–Trinajstić information content (AvgIpc) is 2.85. The highest BCUT2D eigenvalue weighted by atomic mass is 16.5. The Morgan fingerprint density at radius 2 is 1.95 bits per heavy atom. The van der Waals surface area contributed by atoms with Crippen LogP contribution in [0.3, 0.4) is 0 Å². The standard InChI is InChI=1S/C16H23N3O/c1-5-19-11-18-9-15(19)10-20-16-12(2)6-14(8-17-4)7-13(16)3/h6-7,9,11,17H,5,8,10H2,1-4H3. The summed E-state index contributed by atoms with van der Waals surface area (Å²) < 4.78 is 8.10. The van der Waals surface area contributed by atoms with E-state index in [0.717, 1.165) is 24.5 Å². The van der Waals surface area contributed by atoms with Gasteiger partial charge in [0.1, 0.15) is 12.4 Å². The molecule has 0 saturated carbocycles. The van der Waals surface area contributed by atoms with Crippen LogP contribution in [0.5, 0.6) is 5.75 Å². The van der Waals surface area contributed by atoms with E-state index in [1.807, 2.05) is 19.6 Å². The van der Waals surface area contributed by atoms with Crippen molar-refractivity contribution in [2.24, 2.45) is 0 Å². The molecule has 0 fully saturated rings. The number of hydrogen-bond donors (Lipinski definition) is 1. The molecule has 2 rings (SSSR count). The Morgan fingerprint density at radius 1 is 1.25 bits per heavy atom. The highest BCUT2D eigenvalue weighted by Crippen LogP contribution is 2.25. The summed E-state index contributed by atoms with van der Waals surface area (Å²) in [6, 6.07) is 4.35. The van der Waals surface area contributed by atoms with E-state index in [1.54, 1.807) is 0 Å². The fourth-order valence-electron chi connectivity index (χ4n) is 2.47. The summed E-state index contributed by atoms with van der Waals surface area (Å²) in [5.41, 5.74) is 4.75. The van der Waals surface area contributed by atoms with Gasteiger partial charge < -0.3 is 14.6 Å². The lowest BCUT2D eigenvalue weighted by atomic mass is 10.1. The molecule has 0 amide bonds. The Labute approximate surface area is 120 Å². The summed E-state index contributed by atoms with van der Waals surface area (Å²) >= 11 is 0. The molecule has 0 spiro atoms. The Bertz CT molecular complexity index is 552. The van der Waals surface area contributed by atoms with Crippen molar-refractivity contribution >= 4 is 0 Å². The van der Waals surface area contributed by atoms with Crippen LogP contribution < -0.4 is 10.1 Å². The third-order valence-electron chi connectivity index (χ3n) is 3.40. The highest BCUT2D eigenvalue weighted by molar-refractivity contribution is 5.43. The Hall–Kier alpha value is -1.81. The van der Waals surface area contributed by atoms with Crippen molar-refractivity contribution in [3.63, 3.8) is 0 Å². The number of nitrogens with zero attached hydrogens (tertiary/aromatic N) is 2. The van der Waals surface area contributed by atoms with Crippen LogP contribution in [0.25, 0.3) is 0 Å². The lowest BCUT2D eigenvalue weighted by molar-refractivity contribution is 0.291. The minimum Gasteiger partial charge on any atom is -0.487 e. The van der Waals surface area contributed by atoms with Crippen molar-refractivity contribution in [2.45, 2.75) is 40.5 Å². The van der Waals surface area contributed by atoms with Crippen LogP contribution in [0.2, 0.25) is 0 Å². The van der Waals surface area contributed by atoms with Gasteiger partial charge in [0.15, 0.2) is 0 Å². The molecule has 1 N–H and O–H groups in total. The molecule has 0 aliphatic carbocycles. The molecule has 0 aliphatic heterocycles. The van der Waals surface area contributed by atoms with Crippen molar-refractivity contribution in [3.8, 4) is 5.75 Å². The molecule has 1 aromatic carbocycles. The minimum absolute atomic E-state index is 0.556. The molecule has 20 heavy (non-hydrogen) atoms. The van der Waals surface area contributed by atoms with Gasteiger partial charge >= 0.3 is 0 Å². The van der Waals surface area contributed by atoms with E-state index < -0.39 is 0 Å². The van der Waals surface area contributed by atoms with Crippen LogP contribution in [-0.4, -0.2) is 16.6 Å². The van der Waals surface area contributed by atoms with E-state index in [1.165, 1.54) is 16.7 Å². The summed E-state index contributed by atoms with van der Waals surface area (Å²) in [7, 11) is 1.96. The zero-order chi connectivity index (χ0) is 14.5. The number of ether oxygens (including phenoxy) is 1. The van der Waals surface area contributed by atoms with E-state index in [9.17, 15) is 0 Å². The Balaban J connectivity index is 2.13. The van der Waals surface area contributed by atoms with Crippen LogP contribution in [-0.2, 0) is 19.7 Å². The monoisotopic (exact) mass is 273 g/mol. The van der Waals surface area contributed by atoms with Gasteiger partial charge in [-0.2, -0.15) is 0 Å². The first kappa shape index (κ1) is 14.6. The van der Waals surface area contributed by atoms with Crippen LogP contribution in [0.1, 0.15) is 29.3 Å². The van der Waals surface area contributed by atoms with Crippen LogP contribution >= 0.6 is 0 Å². The largest absolute Gasteiger partial charge is 0.487 e. The number of benzene rings is 1. The van der Waals surface area contributed by atoms with Gasteiger partial charge in [-0.3, -0.25) is 0 Å². The summed E-state index contributed by atoms with van der Waals surface area (Å²) in [6.45, 7) is 8.65. The van der Waals surface area contributed by atoms with Gasteiger partial charge in [-0.05, 0) is 44.5 Å². The lowest BCUT2D eigenvalue weighted by Gasteiger charge is -2.14. The zero-order valence-electron chi connectivity index (χ0n) is 12.7. The fourth-order valence-corrected chi connectivity index (χ4v) is 2.47. The number of hydrogen-bond acceptors (Lipinski definition) is 3. The van der Waals surface area contributed by atoms with Gasteiger partial charge in [0.05, 0.1) is 18.2 Å². The molecule has 0 unspecified atom stereocenters. The van der Waals surface area contributed by atoms with Gasteiger partial charge in [0.25, 0.3) is 0 Å². The second-order valence-corrected chi connectivity index (χ2v) is 5.05. The topological polar surface area (TPSA) is 39.1 Å². The predicted molar refractivity (Wildman–Crippen MR) is 80.9 cm³/mol. The molecule has 2 aromatic rings. The maximum atomic E-state index is 6.01. The summed E-state index contributed by atoms with van der Waals surface area (Å²) in [6.07, 6.45) is 3.71. The molecule has 4 heteroatoms. The lowest BCUT2D eigenvalue weighted by Crippen LogP contribution is -2.08. The van der Waals surface area contributed by atoms with Gasteiger partial charge in [-0.1, -0.05) is 12.1 Å². The minimum atomic E-state index is 0.556. The number of aryl methyl sites for hydroxylation is 3. The van der Waals surface area contributed by atoms with Gasteiger partial charge in [-0.25, -0.2) is 4.98 Å². The first-order valence-corrected chi connectivity index (χ1v) is 7.02. The van der Waals surface area contributed by atoms with Gasteiger partial charge in [-0.15, -0.1) is 0 Å². The van der Waals surface area contributed by atoms with Crippen molar-refractivity contribution < 1.29 is 4.74 Å². The molecular formula is C16H23N3O. The molecule has 108 valence electrons. The van der Waals surface area contributed by atoms with E-state index in [0.29, 0.717) is 6.61 Å². The molecule has 0 bridgehead atoms. The third kappa shape index (κ3) is 3.20. The average molecular weight is 273 g/mol. The number of rotatable bonds is 6. The molecule has 0 radical (unpaired) electrons. The SMILES string of the molecule is CCn1cncc1COc1c(C)cc(CNC)cc1C. The van der Waals surface area contributed by atoms with Crippen LogP contribution in [0.15, 0.2) is 24.7 Å². The van der Waals surface area contributed by atoms with Crippen LogP contribution in [0, 0.1) is 13.8 Å². The van der Waals surface area contributed by atoms with Crippen molar-refractivity contribution in [1.82, 2.24) is 14.9 Å². The molecule has 1 heterocycles. The molecule has 4 nitrogen and oxygen atoms in total. The highest BCUT2D eigenvalue weighted by Gasteiger charge is 2.08. The summed E-state index contributed by atoms with van der Waals surface area (Å²) in [4.78, 5) is 4.16. The van der Waals surface area contributed by atoms with E-state index in [4.69, 9.17) is 4.74 Å². The number of imidazole rings is 1. The van der Waals surface area contributed by atoms with Gasteiger partial charge in [0, 0.05) is 13.1 Å². The van der Waals surface area contributed by atoms with Crippen molar-refractivity contribution in [1.29, 1.82) is 0 Å². The normalized spacial score (nSPS) is 10.8. The third-order valence-corrected chi connectivity index (χ3v) is 3.40. The molecule has 1 aromatic heterocycles. The van der Waals surface area contributed by atoms with Crippen molar-refractivity contribution in [3.05, 3.63) is 47.0 Å². The molecule has 0 atom stereocenters. The van der Waals surface area contributed by atoms with Crippen LogP contribution in [0.4, 0.5) is 0 Å². The van der Waals surface area contributed by atoms with E-state index >= 15 is 0 Å². The summed E-state index contributed by atoms with van der Waals surface area (Å²) in [5, 5.41) is 3.17. The zero-order valence-corrected chi connectivity index (χ0v) is 12.7. The summed E-state index contributed by atoms with van der Waals surface area (Å²) in [5.74, 6) is 0.980. The number of aromatic nitrogens is 2. The van der Waals surface area contributed by atoms with E-state index in [2.05, 4.69) is 47.8 Å². The Morgan fingerprint density at radius 3 is 2.55 bits per heavy atom. The van der Waals surface area contributed by atoms with Gasteiger partial charge in [0.2, 0.25) is 0 Å².